The number of benzene rings is 2. The third kappa shape index (κ3) is 4.33. The van der Waals surface area contributed by atoms with E-state index in [-0.39, 0.29) is 6.54 Å². The van der Waals surface area contributed by atoms with E-state index < -0.39 is 23.4 Å². The first-order valence-electron chi connectivity index (χ1n) is 9.83. The topological polar surface area (TPSA) is 81.8 Å². The van der Waals surface area contributed by atoms with E-state index in [1.807, 2.05) is 30.3 Å². The van der Waals surface area contributed by atoms with Crippen molar-refractivity contribution in [2.75, 3.05) is 29.9 Å². The highest BCUT2D eigenvalue weighted by Gasteiger charge is 2.49. The fourth-order valence-electron chi connectivity index (χ4n) is 3.52. The molecule has 7 nitrogen and oxygen atoms in total. The average Bonchev–Trinajstić information content (AvgIpc) is 2.94. The minimum absolute atomic E-state index is 0.355. The second-order valence-electron chi connectivity index (χ2n) is 7.22. The quantitative estimate of drug-likeness (QED) is 0.601. The number of anilines is 2. The van der Waals surface area contributed by atoms with Gasteiger partial charge in [-0.15, -0.1) is 0 Å². The van der Waals surface area contributed by atoms with E-state index in [0.29, 0.717) is 11.3 Å². The lowest BCUT2D eigenvalue weighted by Gasteiger charge is -2.22. The molecule has 0 aliphatic carbocycles. The van der Waals surface area contributed by atoms with E-state index in [1.54, 1.807) is 25.1 Å². The van der Waals surface area contributed by atoms with Crippen LogP contribution in [0.2, 0.25) is 0 Å². The van der Waals surface area contributed by atoms with Crippen LogP contribution in [0.15, 0.2) is 53.0 Å². The van der Waals surface area contributed by atoms with Crippen molar-refractivity contribution in [1.82, 2.24) is 10.2 Å². The Kier molecular flexibility index (Phi) is 6.45. The highest BCUT2D eigenvalue weighted by molar-refractivity contribution is 9.10. The highest BCUT2D eigenvalue weighted by atomic mass is 79.9. The number of nitrogens with zero attached hydrogens (tertiary/aromatic N) is 2. The molecule has 0 saturated carbocycles. The normalized spacial score (nSPS) is 18.3. The molecule has 4 amide bonds. The summed E-state index contributed by atoms with van der Waals surface area (Å²) in [5.41, 5.74) is 1.10. The van der Waals surface area contributed by atoms with E-state index in [0.717, 1.165) is 28.1 Å². The molecule has 8 heteroatoms. The Morgan fingerprint density at radius 1 is 1.13 bits per heavy atom. The summed E-state index contributed by atoms with van der Waals surface area (Å²) in [6.07, 6.45) is 0. The van der Waals surface area contributed by atoms with Gasteiger partial charge in [0.2, 0.25) is 5.91 Å². The Bertz CT molecular complexity index is 959. The number of nitrogens with one attached hydrogen (secondary N) is 2. The molecule has 0 bridgehead atoms. The minimum Gasteiger partial charge on any atom is -0.372 e. The molecule has 2 aromatic carbocycles. The van der Waals surface area contributed by atoms with E-state index in [4.69, 9.17) is 0 Å². The first kappa shape index (κ1) is 21.8. The largest absolute Gasteiger partial charge is 0.372 e. The molecule has 1 unspecified atom stereocenters. The fraction of sp³-hybridized carbons (Fsp3) is 0.318. The number of carbonyl (C=O) groups excluding carboxylic acids is 3. The van der Waals surface area contributed by atoms with Crippen LogP contribution in [0.3, 0.4) is 0 Å². The van der Waals surface area contributed by atoms with E-state index in [9.17, 15) is 14.4 Å². The fourth-order valence-corrected chi connectivity index (χ4v) is 3.92. The van der Waals surface area contributed by atoms with Crippen molar-refractivity contribution >= 4 is 45.2 Å². The van der Waals surface area contributed by atoms with Gasteiger partial charge in [0, 0.05) is 28.9 Å². The van der Waals surface area contributed by atoms with Crippen LogP contribution >= 0.6 is 15.9 Å². The summed E-state index contributed by atoms with van der Waals surface area (Å²) in [6, 6.07) is 14.1. The molecule has 0 radical (unpaired) electrons. The van der Waals surface area contributed by atoms with Crippen LogP contribution < -0.4 is 15.5 Å². The van der Waals surface area contributed by atoms with Crippen molar-refractivity contribution < 1.29 is 14.4 Å². The minimum atomic E-state index is -1.22. The van der Waals surface area contributed by atoms with Gasteiger partial charge in [0.15, 0.2) is 0 Å². The predicted molar refractivity (Wildman–Crippen MR) is 120 cm³/mol. The summed E-state index contributed by atoms with van der Waals surface area (Å²) in [5.74, 6) is -0.898. The van der Waals surface area contributed by atoms with Crippen molar-refractivity contribution in [3.8, 4) is 0 Å². The molecule has 1 atom stereocenters. The van der Waals surface area contributed by atoms with Gasteiger partial charge < -0.3 is 15.5 Å². The van der Waals surface area contributed by atoms with Crippen LogP contribution in [-0.2, 0) is 15.1 Å². The number of hydrogen-bond donors (Lipinski definition) is 2. The first-order chi connectivity index (χ1) is 14.3. The highest BCUT2D eigenvalue weighted by Crippen LogP contribution is 2.30. The summed E-state index contributed by atoms with van der Waals surface area (Å²) >= 11 is 3.38. The number of rotatable bonds is 7. The number of imide groups is 1. The molecule has 1 aliphatic rings. The number of carbonyl (C=O) groups is 3. The smallest absolute Gasteiger partial charge is 0.325 e. The van der Waals surface area contributed by atoms with Crippen LogP contribution in [0.4, 0.5) is 16.2 Å². The van der Waals surface area contributed by atoms with E-state index >= 15 is 0 Å². The Morgan fingerprint density at radius 3 is 2.40 bits per heavy atom. The zero-order valence-electron chi connectivity index (χ0n) is 17.2. The van der Waals surface area contributed by atoms with Crippen molar-refractivity contribution in [3.63, 3.8) is 0 Å². The van der Waals surface area contributed by atoms with Crippen molar-refractivity contribution in [2.45, 2.75) is 26.3 Å². The SMILES string of the molecule is CCN(CC)c1ccc(NC(=O)CN2C(=O)NC(C)(c3cccc(Br)c3)C2=O)cc1. The van der Waals surface area contributed by atoms with Gasteiger partial charge >= 0.3 is 6.03 Å². The maximum Gasteiger partial charge on any atom is 0.325 e. The summed E-state index contributed by atoms with van der Waals surface area (Å²) in [5, 5.41) is 5.46. The van der Waals surface area contributed by atoms with Crippen LogP contribution in [0.1, 0.15) is 26.3 Å². The van der Waals surface area contributed by atoms with Crippen molar-refractivity contribution in [2.24, 2.45) is 0 Å². The molecular formula is C22H25BrN4O3. The number of amides is 4. The lowest BCUT2D eigenvalue weighted by molar-refractivity contribution is -0.133. The molecule has 1 fully saturated rings. The Labute approximate surface area is 184 Å². The van der Waals surface area contributed by atoms with Gasteiger partial charge in [-0.3, -0.25) is 14.5 Å². The molecular weight excluding hydrogens is 448 g/mol. The molecule has 30 heavy (non-hydrogen) atoms. The standard InChI is InChI=1S/C22H25BrN4O3/c1-4-26(5-2)18-11-9-17(10-12-18)24-19(28)14-27-20(29)22(3,25-21(27)30)15-7-6-8-16(23)13-15/h6-13H,4-5,14H2,1-3H3,(H,24,28)(H,25,30). The Morgan fingerprint density at radius 2 is 1.80 bits per heavy atom. The second-order valence-corrected chi connectivity index (χ2v) is 8.14. The van der Waals surface area contributed by atoms with Crippen LogP contribution in [-0.4, -0.2) is 42.4 Å². The Balaban J connectivity index is 1.68. The lowest BCUT2D eigenvalue weighted by atomic mass is 9.92. The van der Waals surface area contributed by atoms with Crippen LogP contribution in [0.5, 0.6) is 0 Å². The molecule has 1 saturated heterocycles. The van der Waals surface area contributed by atoms with Gasteiger partial charge in [0.1, 0.15) is 12.1 Å². The van der Waals surface area contributed by atoms with Gasteiger partial charge in [-0.25, -0.2) is 4.79 Å². The van der Waals surface area contributed by atoms with Crippen LogP contribution in [0, 0.1) is 0 Å². The van der Waals surface area contributed by atoms with Gasteiger partial charge in [0.05, 0.1) is 0 Å². The molecule has 158 valence electrons. The van der Waals surface area contributed by atoms with Gasteiger partial charge in [-0.2, -0.15) is 0 Å². The molecule has 1 heterocycles. The van der Waals surface area contributed by atoms with E-state index in [2.05, 4.69) is 45.3 Å². The number of halogens is 1. The maximum absolute atomic E-state index is 13.0. The lowest BCUT2D eigenvalue weighted by Crippen LogP contribution is -2.42. The third-order valence-corrected chi connectivity index (χ3v) is 5.75. The molecule has 0 aromatic heterocycles. The number of urea groups is 1. The summed E-state index contributed by atoms with van der Waals surface area (Å²) in [7, 11) is 0. The van der Waals surface area contributed by atoms with Crippen LogP contribution in [0.25, 0.3) is 0 Å². The summed E-state index contributed by atoms with van der Waals surface area (Å²) < 4.78 is 0.799. The van der Waals surface area contributed by atoms with Gasteiger partial charge in [0.25, 0.3) is 5.91 Å². The van der Waals surface area contributed by atoms with E-state index in [1.165, 1.54) is 0 Å². The molecule has 3 rings (SSSR count). The molecule has 2 N–H and O–H groups in total. The summed E-state index contributed by atoms with van der Waals surface area (Å²) in [6.45, 7) is 7.24. The average molecular weight is 473 g/mol. The van der Waals surface area contributed by atoms with Crippen molar-refractivity contribution in [1.29, 1.82) is 0 Å². The maximum atomic E-state index is 13.0. The summed E-state index contributed by atoms with van der Waals surface area (Å²) in [4.78, 5) is 41.0. The van der Waals surface area contributed by atoms with Gasteiger partial charge in [-0.05, 0) is 62.7 Å². The zero-order chi connectivity index (χ0) is 21.9. The second kappa shape index (κ2) is 8.87. The van der Waals surface area contributed by atoms with Crippen molar-refractivity contribution in [3.05, 3.63) is 58.6 Å². The van der Waals surface area contributed by atoms with Gasteiger partial charge in [-0.1, -0.05) is 28.1 Å². The first-order valence-corrected chi connectivity index (χ1v) is 10.6. The molecule has 0 spiro atoms. The monoisotopic (exact) mass is 472 g/mol. The Hall–Kier alpha value is -2.87. The zero-order valence-corrected chi connectivity index (χ0v) is 18.8. The number of hydrogen-bond acceptors (Lipinski definition) is 4. The molecule has 2 aromatic rings. The predicted octanol–water partition coefficient (Wildman–Crippen LogP) is 3.70. The third-order valence-electron chi connectivity index (χ3n) is 5.26. The molecule has 1 aliphatic heterocycles.